The zero-order valence-corrected chi connectivity index (χ0v) is 13.8. The maximum Gasteiger partial charge on any atom is 0.238 e. The van der Waals surface area contributed by atoms with Crippen molar-refractivity contribution in [3.63, 3.8) is 0 Å². The number of para-hydroxylation sites is 1. The van der Waals surface area contributed by atoms with Gasteiger partial charge < -0.3 is 11.1 Å². The van der Waals surface area contributed by atoms with Crippen LogP contribution >= 0.6 is 22.6 Å². The lowest BCUT2D eigenvalue weighted by atomic mass is 9.95. The highest BCUT2D eigenvalue weighted by Crippen LogP contribution is 2.20. The number of halogens is 1. The average Bonchev–Trinajstić information content (AvgIpc) is 2.42. The SMILES string of the molecule is NCCC1CCCN(CC(=O)Nc2ccccc2I)C1. The van der Waals surface area contributed by atoms with Crippen LogP contribution in [0.3, 0.4) is 0 Å². The van der Waals surface area contributed by atoms with Gasteiger partial charge in [-0.05, 0) is 73.0 Å². The fourth-order valence-corrected chi connectivity index (χ4v) is 3.24. The Labute approximate surface area is 134 Å². The molecule has 1 atom stereocenters. The number of amides is 1. The molecule has 0 radical (unpaired) electrons. The van der Waals surface area contributed by atoms with Crippen molar-refractivity contribution in [3.05, 3.63) is 27.8 Å². The third-order valence-electron chi connectivity index (χ3n) is 3.69. The van der Waals surface area contributed by atoms with Crippen molar-refractivity contribution in [2.24, 2.45) is 11.7 Å². The van der Waals surface area contributed by atoms with E-state index in [1.54, 1.807) is 0 Å². The van der Waals surface area contributed by atoms with E-state index in [2.05, 4.69) is 32.8 Å². The third-order valence-corrected chi connectivity index (χ3v) is 4.63. The predicted molar refractivity (Wildman–Crippen MR) is 90.6 cm³/mol. The Morgan fingerprint density at radius 2 is 2.25 bits per heavy atom. The molecule has 2 rings (SSSR count). The van der Waals surface area contributed by atoms with Crippen molar-refractivity contribution in [1.29, 1.82) is 0 Å². The molecule has 1 unspecified atom stereocenters. The molecule has 1 heterocycles. The van der Waals surface area contributed by atoms with Gasteiger partial charge in [-0.15, -0.1) is 0 Å². The Bertz CT molecular complexity index is 450. The van der Waals surface area contributed by atoms with Crippen LogP contribution in [0.4, 0.5) is 5.69 Å². The van der Waals surface area contributed by atoms with E-state index in [-0.39, 0.29) is 5.91 Å². The zero-order valence-electron chi connectivity index (χ0n) is 11.6. The van der Waals surface area contributed by atoms with E-state index in [0.29, 0.717) is 12.5 Å². The number of rotatable bonds is 5. The molecule has 0 bridgehead atoms. The second-order valence-corrected chi connectivity index (χ2v) is 6.51. The number of nitrogens with zero attached hydrogens (tertiary/aromatic N) is 1. The van der Waals surface area contributed by atoms with E-state index in [9.17, 15) is 4.79 Å². The zero-order chi connectivity index (χ0) is 14.4. The summed E-state index contributed by atoms with van der Waals surface area (Å²) in [5.41, 5.74) is 6.52. The minimum atomic E-state index is 0.0718. The number of piperidine rings is 1. The smallest absolute Gasteiger partial charge is 0.238 e. The van der Waals surface area contributed by atoms with Crippen LogP contribution in [0.2, 0.25) is 0 Å². The fourth-order valence-electron chi connectivity index (χ4n) is 2.72. The first-order chi connectivity index (χ1) is 9.69. The number of carbonyl (C=O) groups excluding carboxylic acids is 1. The standard InChI is InChI=1S/C15H22IN3O/c16-13-5-1-2-6-14(13)18-15(20)11-19-9-3-4-12(10-19)7-8-17/h1-2,5-6,12H,3-4,7-11,17H2,(H,18,20). The van der Waals surface area contributed by atoms with Gasteiger partial charge in [0.25, 0.3) is 0 Å². The molecule has 1 fully saturated rings. The van der Waals surface area contributed by atoms with Gasteiger partial charge >= 0.3 is 0 Å². The molecule has 3 N–H and O–H groups in total. The van der Waals surface area contributed by atoms with Crippen molar-refractivity contribution in [1.82, 2.24) is 4.90 Å². The first-order valence-corrected chi connectivity index (χ1v) is 8.23. The number of anilines is 1. The third kappa shape index (κ3) is 4.71. The van der Waals surface area contributed by atoms with Crippen molar-refractivity contribution < 1.29 is 4.79 Å². The minimum Gasteiger partial charge on any atom is -0.330 e. The van der Waals surface area contributed by atoms with Crippen LogP contribution in [0, 0.1) is 9.49 Å². The monoisotopic (exact) mass is 387 g/mol. The van der Waals surface area contributed by atoms with Crippen molar-refractivity contribution in [2.45, 2.75) is 19.3 Å². The summed E-state index contributed by atoms with van der Waals surface area (Å²) in [4.78, 5) is 14.4. The van der Waals surface area contributed by atoms with Gasteiger partial charge in [0.05, 0.1) is 12.2 Å². The summed E-state index contributed by atoms with van der Waals surface area (Å²) in [5.74, 6) is 0.723. The number of carbonyl (C=O) groups is 1. The molecule has 1 saturated heterocycles. The van der Waals surface area contributed by atoms with Gasteiger partial charge in [0, 0.05) is 10.1 Å². The van der Waals surface area contributed by atoms with Gasteiger partial charge in [0.1, 0.15) is 0 Å². The van der Waals surface area contributed by atoms with E-state index in [1.807, 2.05) is 24.3 Å². The Morgan fingerprint density at radius 1 is 1.45 bits per heavy atom. The molecular weight excluding hydrogens is 365 g/mol. The minimum absolute atomic E-state index is 0.0718. The molecule has 0 spiro atoms. The molecule has 0 saturated carbocycles. The molecular formula is C15H22IN3O. The van der Waals surface area contributed by atoms with Gasteiger partial charge in [-0.25, -0.2) is 0 Å². The maximum absolute atomic E-state index is 12.1. The van der Waals surface area contributed by atoms with Crippen LogP contribution in [0.15, 0.2) is 24.3 Å². The molecule has 1 aromatic carbocycles. The summed E-state index contributed by atoms with van der Waals surface area (Å²) in [5, 5.41) is 2.99. The summed E-state index contributed by atoms with van der Waals surface area (Å²) in [6.45, 7) is 3.23. The average molecular weight is 387 g/mol. The fraction of sp³-hybridized carbons (Fsp3) is 0.533. The largest absolute Gasteiger partial charge is 0.330 e. The van der Waals surface area contributed by atoms with E-state index >= 15 is 0 Å². The Hall–Kier alpha value is -0.660. The molecule has 110 valence electrons. The van der Waals surface area contributed by atoms with Crippen LogP contribution in [-0.4, -0.2) is 37.0 Å². The van der Waals surface area contributed by atoms with Crippen LogP contribution in [0.1, 0.15) is 19.3 Å². The van der Waals surface area contributed by atoms with Crippen LogP contribution < -0.4 is 11.1 Å². The Balaban J connectivity index is 1.84. The van der Waals surface area contributed by atoms with Gasteiger partial charge in [-0.3, -0.25) is 9.69 Å². The summed E-state index contributed by atoms with van der Waals surface area (Å²) in [6, 6.07) is 7.84. The summed E-state index contributed by atoms with van der Waals surface area (Å²) >= 11 is 2.24. The number of hydrogen-bond donors (Lipinski definition) is 2. The van der Waals surface area contributed by atoms with E-state index in [4.69, 9.17) is 5.73 Å². The van der Waals surface area contributed by atoms with Crippen molar-refractivity contribution >= 4 is 34.2 Å². The van der Waals surface area contributed by atoms with Crippen molar-refractivity contribution in [2.75, 3.05) is 31.5 Å². The predicted octanol–water partition coefficient (Wildman–Crippen LogP) is 2.29. The normalized spacial score (nSPS) is 19.8. The van der Waals surface area contributed by atoms with Gasteiger partial charge in [0.15, 0.2) is 0 Å². The quantitative estimate of drug-likeness (QED) is 0.763. The van der Waals surface area contributed by atoms with Crippen LogP contribution in [0.5, 0.6) is 0 Å². The maximum atomic E-state index is 12.1. The second kappa shape index (κ2) is 7.95. The molecule has 0 aliphatic carbocycles. The Kier molecular flexibility index (Phi) is 6.25. The number of hydrogen-bond acceptors (Lipinski definition) is 3. The molecule has 0 aromatic heterocycles. The first kappa shape index (κ1) is 15.7. The van der Waals surface area contributed by atoms with Gasteiger partial charge in [-0.2, -0.15) is 0 Å². The Morgan fingerprint density at radius 3 is 3.00 bits per heavy atom. The lowest BCUT2D eigenvalue weighted by Gasteiger charge is -2.32. The summed E-state index contributed by atoms with van der Waals surface area (Å²) < 4.78 is 1.07. The van der Waals surface area contributed by atoms with E-state index in [0.717, 1.165) is 35.3 Å². The topological polar surface area (TPSA) is 58.4 Å². The highest BCUT2D eigenvalue weighted by molar-refractivity contribution is 14.1. The number of likely N-dealkylation sites (tertiary alicyclic amines) is 1. The lowest BCUT2D eigenvalue weighted by Crippen LogP contribution is -2.41. The molecule has 1 aliphatic rings. The molecule has 1 aliphatic heterocycles. The van der Waals surface area contributed by atoms with Crippen molar-refractivity contribution in [3.8, 4) is 0 Å². The molecule has 4 nitrogen and oxygen atoms in total. The summed E-state index contributed by atoms with van der Waals surface area (Å²) in [6.07, 6.45) is 3.47. The molecule has 1 aromatic rings. The number of benzene rings is 1. The molecule has 1 amide bonds. The van der Waals surface area contributed by atoms with Gasteiger partial charge in [0.2, 0.25) is 5.91 Å². The van der Waals surface area contributed by atoms with E-state index < -0.39 is 0 Å². The first-order valence-electron chi connectivity index (χ1n) is 7.16. The molecule has 5 heteroatoms. The number of nitrogens with two attached hydrogens (primary N) is 1. The molecule has 20 heavy (non-hydrogen) atoms. The highest BCUT2D eigenvalue weighted by Gasteiger charge is 2.21. The second-order valence-electron chi connectivity index (χ2n) is 5.35. The summed E-state index contributed by atoms with van der Waals surface area (Å²) in [7, 11) is 0. The highest BCUT2D eigenvalue weighted by atomic mass is 127. The van der Waals surface area contributed by atoms with Crippen LogP contribution in [-0.2, 0) is 4.79 Å². The van der Waals surface area contributed by atoms with Crippen LogP contribution in [0.25, 0.3) is 0 Å². The van der Waals surface area contributed by atoms with E-state index in [1.165, 1.54) is 12.8 Å². The lowest BCUT2D eigenvalue weighted by molar-refractivity contribution is -0.117. The van der Waals surface area contributed by atoms with Gasteiger partial charge in [-0.1, -0.05) is 12.1 Å². The number of nitrogens with one attached hydrogen (secondary N) is 1.